The Hall–Kier alpha value is -1.30. The van der Waals surface area contributed by atoms with Crippen LogP contribution < -0.4 is 5.43 Å². The largest absolute Gasteiger partial charge is 0.296 e. The second kappa shape index (κ2) is 9.41. The van der Waals surface area contributed by atoms with E-state index in [1.165, 1.54) is 0 Å². The van der Waals surface area contributed by atoms with E-state index in [2.05, 4.69) is 10.3 Å². The highest BCUT2D eigenvalue weighted by Crippen LogP contribution is 2.18. The maximum absolute atomic E-state index is 12.3. The summed E-state index contributed by atoms with van der Waals surface area (Å²) in [5.74, 6) is -0.167. The van der Waals surface area contributed by atoms with Gasteiger partial charge in [-0.1, -0.05) is 53.5 Å². The van der Waals surface area contributed by atoms with Crippen LogP contribution in [0.2, 0.25) is 10.0 Å². The van der Waals surface area contributed by atoms with Gasteiger partial charge in [0, 0.05) is 37.7 Å². The van der Waals surface area contributed by atoms with Crippen LogP contribution in [0.15, 0.2) is 48.5 Å². The summed E-state index contributed by atoms with van der Waals surface area (Å²) in [6.07, 6.45) is 0. The van der Waals surface area contributed by atoms with E-state index in [4.69, 9.17) is 23.2 Å². The Bertz CT molecular complexity index is 718. The Morgan fingerprint density at radius 3 is 2.16 bits per heavy atom. The van der Waals surface area contributed by atoms with Gasteiger partial charge in [0.1, 0.15) is 0 Å². The van der Waals surface area contributed by atoms with Crippen molar-refractivity contribution < 1.29 is 4.79 Å². The minimum Gasteiger partial charge on any atom is -0.296 e. The van der Waals surface area contributed by atoms with Crippen LogP contribution in [-0.4, -0.2) is 42.0 Å². The number of hydrazine groups is 1. The van der Waals surface area contributed by atoms with Gasteiger partial charge < -0.3 is 0 Å². The molecule has 2 aromatic rings. The summed E-state index contributed by atoms with van der Waals surface area (Å²) in [5, 5.41) is 3.20. The third kappa shape index (κ3) is 5.33. The number of nitrogens with zero attached hydrogens (tertiary/aromatic N) is 2. The fourth-order valence-electron chi connectivity index (χ4n) is 2.73. The van der Waals surface area contributed by atoms with Gasteiger partial charge in [0.25, 0.3) is 5.91 Å². The second-order valence-electron chi connectivity index (χ2n) is 5.78. The van der Waals surface area contributed by atoms with Gasteiger partial charge in [-0.15, -0.1) is 12.4 Å². The van der Waals surface area contributed by atoms with Crippen LogP contribution in [0.1, 0.15) is 15.9 Å². The molecule has 3 rings (SSSR count). The predicted molar refractivity (Wildman–Crippen MR) is 104 cm³/mol. The fourth-order valence-corrected chi connectivity index (χ4v) is 3.15. The van der Waals surface area contributed by atoms with E-state index in [1.54, 1.807) is 12.1 Å². The molecule has 0 atom stereocenters. The molecular formula is C18H20Cl3N3O. The number of carbonyl (C=O) groups excluding carboxylic acids is 1. The number of hydrogen-bond donors (Lipinski definition) is 1. The molecule has 1 aliphatic rings. The van der Waals surface area contributed by atoms with Crippen molar-refractivity contribution in [3.05, 3.63) is 69.7 Å². The van der Waals surface area contributed by atoms with E-state index in [0.29, 0.717) is 10.6 Å². The summed E-state index contributed by atoms with van der Waals surface area (Å²) in [6.45, 7) is 4.09. The SMILES string of the molecule is Cl.O=C(NN1CCN(Cc2ccccc2Cl)CC1)c1ccccc1Cl. The van der Waals surface area contributed by atoms with E-state index >= 15 is 0 Å². The van der Waals surface area contributed by atoms with E-state index in [-0.39, 0.29) is 18.3 Å². The first-order valence-corrected chi connectivity index (χ1v) is 8.65. The van der Waals surface area contributed by atoms with Crippen molar-refractivity contribution in [2.75, 3.05) is 26.2 Å². The molecule has 0 aromatic heterocycles. The zero-order valence-electron chi connectivity index (χ0n) is 13.6. The second-order valence-corrected chi connectivity index (χ2v) is 6.59. The van der Waals surface area contributed by atoms with Crippen LogP contribution in [-0.2, 0) is 6.54 Å². The molecule has 1 aliphatic heterocycles. The van der Waals surface area contributed by atoms with Gasteiger partial charge in [0.15, 0.2) is 0 Å². The van der Waals surface area contributed by atoms with Crippen LogP contribution in [0.25, 0.3) is 0 Å². The highest BCUT2D eigenvalue weighted by Gasteiger charge is 2.20. The van der Waals surface area contributed by atoms with Crippen LogP contribution >= 0.6 is 35.6 Å². The molecule has 0 spiro atoms. The average molecular weight is 401 g/mol. The number of carbonyl (C=O) groups is 1. The molecule has 0 bridgehead atoms. The van der Waals surface area contributed by atoms with Crippen molar-refractivity contribution in [1.82, 2.24) is 15.3 Å². The van der Waals surface area contributed by atoms with E-state index in [1.807, 2.05) is 41.4 Å². The highest BCUT2D eigenvalue weighted by molar-refractivity contribution is 6.33. The lowest BCUT2D eigenvalue weighted by atomic mass is 10.2. The van der Waals surface area contributed by atoms with Crippen molar-refractivity contribution in [2.45, 2.75) is 6.54 Å². The zero-order valence-corrected chi connectivity index (χ0v) is 15.9. The molecule has 0 aliphatic carbocycles. The predicted octanol–water partition coefficient (Wildman–Crippen LogP) is 3.88. The molecule has 0 unspecified atom stereocenters. The number of amides is 1. The maximum Gasteiger partial charge on any atom is 0.267 e. The molecule has 134 valence electrons. The van der Waals surface area contributed by atoms with Gasteiger partial charge in [0.2, 0.25) is 0 Å². The maximum atomic E-state index is 12.3. The van der Waals surface area contributed by atoms with Crippen molar-refractivity contribution in [2.24, 2.45) is 0 Å². The average Bonchev–Trinajstić information content (AvgIpc) is 2.59. The first kappa shape index (κ1) is 20.0. The van der Waals surface area contributed by atoms with Crippen LogP contribution in [0.5, 0.6) is 0 Å². The molecule has 1 saturated heterocycles. The minimum atomic E-state index is -0.167. The van der Waals surface area contributed by atoms with E-state index in [9.17, 15) is 4.79 Å². The molecule has 0 saturated carbocycles. The summed E-state index contributed by atoms with van der Waals surface area (Å²) < 4.78 is 0. The molecule has 1 heterocycles. The summed E-state index contributed by atoms with van der Waals surface area (Å²) in [6, 6.07) is 15.0. The summed E-state index contributed by atoms with van der Waals surface area (Å²) in [5.41, 5.74) is 4.56. The van der Waals surface area contributed by atoms with E-state index in [0.717, 1.165) is 43.3 Å². The molecule has 1 N–H and O–H groups in total. The van der Waals surface area contributed by atoms with Crippen LogP contribution in [0, 0.1) is 0 Å². The van der Waals surface area contributed by atoms with Gasteiger partial charge in [0.05, 0.1) is 10.6 Å². The minimum absolute atomic E-state index is 0. The Morgan fingerprint density at radius 1 is 0.920 bits per heavy atom. The number of rotatable bonds is 4. The Kier molecular flexibility index (Phi) is 7.54. The molecule has 4 nitrogen and oxygen atoms in total. The third-order valence-corrected chi connectivity index (χ3v) is 4.80. The van der Waals surface area contributed by atoms with Crippen LogP contribution in [0.3, 0.4) is 0 Å². The van der Waals surface area contributed by atoms with Crippen LogP contribution in [0.4, 0.5) is 0 Å². The van der Waals surface area contributed by atoms with Crippen molar-refractivity contribution in [3.63, 3.8) is 0 Å². The Balaban J connectivity index is 0.00000225. The smallest absolute Gasteiger partial charge is 0.267 e. The fraction of sp³-hybridized carbons (Fsp3) is 0.278. The van der Waals surface area contributed by atoms with Crippen molar-refractivity contribution in [1.29, 1.82) is 0 Å². The lowest BCUT2D eigenvalue weighted by Gasteiger charge is -2.34. The van der Waals surface area contributed by atoms with Crippen molar-refractivity contribution >= 4 is 41.5 Å². The lowest BCUT2D eigenvalue weighted by molar-refractivity contribution is 0.0605. The molecule has 0 radical (unpaired) electrons. The summed E-state index contributed by atoms with van der Waals surface area (Å²) in [4.78, 5) is 14.6. The van der Waals surface area contributed by atoms with E-state index < -0.39 is 0 Å². The molecule has 2 aromatic carbocycles. The quantitative estimate of drug-likeness (QED) is 0.846. The number of hydrogen-bond acceptors (Lipinski definition) is 3. The normalized spacial score (nSPS) is 15.4. The van der Waals surface area contributed by atoms with Gasteiger partial charge in [-0.2, -0.15) is 0 Å². The molecule has 25 heavy (non-hydrogen) atoms. The highest BCUT2D eigenvalue weighted by atomic mass is 35.5. The number of benzene rings is 2. The topological polar surface area (TPSA) is 35.6 Å². The van der Waals surface area contributed by atoms with Gasteiger partial charge >= 0.3 is 0 Å². The summed E-state index contributed by atoms with van der Waals surface area (Å²) in [7, 11) is 0. The first-order valence-electron chi connectivity index (χ1n) is 7.90. The number of nitrogens with one attached hydrogen (secondary N) is 1. The van der Waals surface area contributed by atoms with Gasteiger partial charge in [-0.05, 0) is 23.8 Å². The molecule has 1 fully saturated rings. The standard InChI is InChI=1S/C18H19Cl2N3O.ClH/c19-16-7-3-1-5-14(16)13-22-9-11-23(12-10-22)21-18(24)15-6-2-4-8-17(15)20;/h1-8H,9-13H2,(H,21,24);1H. The van der Waals surface area contributed by atoms with Crippen molar-refractivity contribution in [3.8, 4) is 0 Å². The van der Waals surface area contributed by atoms with Gasteiger partial charge in [-0.3, -0.25) is 15.1 Å². The molecule has 7 heteroatoms. The number of piperazine rings is 1. The zero-order chi connectivity index (χ0) is 16.9. The monoisotopic (exact) mass is 399 g/mol. The summed E-state index contributed by atoms with van der Waals surface area (Å²) >= 11 is 12.3. The van der Waals surface area contributed by atoms with Gasteiger partial charge in [-0.25, -0.2) is 5.01 Å². The Morgan fingerprint density at radius 2 is 1.52 bits per heavy atom. The first-order chi connectivity index (χ1) is 11.6. The lowest BCUT2D eigenvalue weighted by Crippen LogP contribution is -2.53. The Labute approximate surface area is 164 Å². The molecular weight excluding hydrogens is 381 g/mol. The third-order valence-electron chi connectivity index (χ3n) is 4.10. The number of halogens is 3. The molecule has 1 amide bonds.